The minimum Gasteiger partial charge on any atom is -0.480 e. The molecule has 35 heavy (non-hydrogen) atoms. The van der Waals surface area contributed by atoms with Crippen molar-refractivity contribution in [2.24, 2.45) is 5.92 Å². The number of carboxylic acid groups (broad SMARTS) is 1. The number of nitrogens with zero attached hydrogens (tertiary/aromatic N) is 1. The van der Waals surface area contributed by atoms with Crippen LogP contribution < -0.4 is 5.32 Å². The maximum atomic E-state index is 13.0. The fourth-order valence-electron chi connectivity index (χ4n) is 5.02. The van der Waals surface area contributed by atoms with E-state index >= 15 is 0 Å². The second kappa shape index (κ2) is 10.5. The van der Waals surface area contributed by atoms with Crippen LogP contribution in [-0.2, 0) is 19.1 Å². The van der Waals surface area contributed by atoms with Crippen molar-refractivity contribution in [1.29, 1.82) is 0 Å². The quantitative estimate of drug-likeness (QED) is 0.538. The van der Waals surface area contributed by atoms with Crippen LogP contribution in [0.15, 0.2) is 48.5 Å². The van der Waals surface area contributed by atoms with Crippen LogP contribution in [-0.4, -0.2) is 66.4 Å². The number of carbonyl (C=O) groups is 3. The van der Waals surface area contributed by atoms with Gasteiger partial charge in [-0.3, -0.25) is 4.79 Å². The fraction of sp³-hybridized carbons (Fsp3) is 0.444. The number of ether oxygens (including phenoxy) is 2. The van der Waals surface area contributed by atoms with Crippen LogP contribution in [0.25, 0.3) is 11.1 Å². The van der Waals surface area contributed by atoms with E-state index in [1.807, 2.05) is 31.2 Å². The van der Waals surface area contributed by atoms with Crippen molar-refractivity contribution in [2.45, 2.75) is 38.2 Å². The molecule has 2 N–H and O–H groups in total. The number of nitrogens with one attached hydrogen (secondary N) is 1. The minimum absolute atomic E-state index is 0.0224. The normalized spacial score (nSPS) is 16.6. The Labute approximate surface area is 205 Å². The van der Waals surface area contributed by atoms with Crippen molar-refractivity contribution in [2.75, 3.05) is 32.8 Å². The van der Waals surface area contributed by atoms with E-state index in [2.05, 4.69) is 29.6 Å². The van der Waals surface area contributed by atoms with Crippen LogP contribution in [0, 0.1) is 5.92 Å². The molecule has 186 valence electrons. The first-order valence-corrected chi connectivity index (χ1v) is 12.0. The fourth-order valence-corrected chi connectivity index (χ4v) is 5.02. The average molecular weight is 481 g/mol. The third kappa shape index (κ3) is 5.48. The summed E-state index contributed by atoms with van der Waals surface area (Å²) in [6.45, 7) is 4.48. The monoisotopic (exact) mass is 480 g/mol. The summed E-state index contributed by atoms with van der Waals surface area (Å²) in [6.07, 6.45) is 0.883. The Morgan fingerprint density at radius 2 is 1.69 bits per heavy atom. The van der Waals surface area contributed by atoms with Gasteiger partial charge in [0, 0.05) is 12.5 Å². The number of aliphatic carboxylic acids is 1. The highest BCUT2D eigenvalue weighted by atomic mass is 16.5. The van der Waals surface area contributed by atoms with Gasteiger partial charge in [0.1, 0.15) is 18.8 Å². The van der Waals surface area contributed by atoms with Crippen molar-refractivity contribution in [1.82, 2.24) is 10.2 Å². The van der Waals surface area contributed by atoms with Gasteiger partial charge in [-0.05, 0) is 35.6 Å². The predicted octanol–water partition coefficient (Wildman–Crippen LogP) is 3.64. The van der Waals surface area contributed by atoms with E-state index in [1.165, 1.54) is 11.1 Å². The van der Waals surface area contributed by atoms with E-state index in [-0.39, 0.29) is 37.5 Å². The Kier molecular flexibility index (Phi) is 7.40. The Balaban J connectivity index is 1.29. The van der Waals surface area contributed by atoms with Gasteiger partial charge in [-0.2, -0.15) is 0 Å². The number of rotatable bonds is 10. The SMILES string of the molecule is CCCC(CNC(=O)OCC1c2ccccc2-c2ccccc21)C(=O)N1CC(C)(OCC(=O)O)C1. The molecular formula is C27H32N2O6. The van der Waals surface area contributed by atoms with Gasteiger partial charge in [0.05, 0.1) is 19.0 Å². The zero-order valence-corrected chi connectivity index (χ0v) is 20.2. The first-order valence-electron chi connectivity index (χ1n) is 12.0. The first-order chi connectivity index (χ1) is 16.8. The molecular weight excluding hydrogens is 448 g/mol. The van der Waals surface area contributed by atoms with Crippen molar-refractivity contribution >= 4 is 18.0 Å². The summed E-state index contributed by atoms with van der Waals surface area (Å²) in [7, 11) is 0. The Hall–Kier alpha value is -3.39. The van der Waals surface area contributed by atoms with Gasteiger partial charge < -0.3 is 24.8 Å². The molecule has 2 aromatic rings. The van der Waals surface area contributed by atoms with Crippen LogP contribution >= 0.6 is 0 Å². The van der Waals surface area contributed by atoms with Gasteiger partial charge in [-0.1, -0.05) is 61.9 Å². The maximum absolute atomic E-state index is 13.0. The Morgan fingerprint density at radius 1 is 1.09 bits per heavy atom. The molecule has 0 radical (unpaired) electrons. The highest BCUT2D eigenvalue weighted by Gasteiger charge is 2.44. The van der Waals surface area contributed by atoms with E-state index in [1.54, 1.807) is 11.8 Å². The van der Waals surface area contributed by atoms with Crippen molar-refractivity contribution in [3.05, 3.63) is 59.7 Å². The molecule has 2 amide bonds. The Bertz CT molecular complexity index is 1050. The minimum atomic E-state index is -1.04. The molecule has 4 rings (SSSR count). The number of hydrogen-bond acceptors (Lipinski definition) is 5. The molecule has 1 aliphatic heterocycles. The summed E-state index contributed by atoms with van der Waals surface area (Å²) in [5.74, 6) is -1.50. The van der Waals surface area contributed by atoms with Gasteiger partial charge in [0.15, 0.2) is 0 Å². The molecule has 0 spiro atoms. The molecule has 0 aromatic heterocycles. The van der Waals surface area contributed by atoms with Gasteiger partial charge in [-0.25, -0.2) is 9.59 Å². The number of benzene rings is 2. The van der Waals surface area contributed by atoms with Crippen molar-refractivity contribution < 1.29 is 29.0 Å². The molecule has 1 fully saturated rings. The highest BCUT2D eigenvalue weighted by Crippen LogP contribution is 2.44. The summed E-state index contributed by atoms with van der Waals surface area (Å²) < 4.78 is 11.0. The van der Waals surface area contributed by atoms with Crippen LogP contribution in [0.3, 0.4) is 0 Å². The third-order valence-electron chi connectivity index (χ3n) is 6.73. The molecule has 8 nitrogen and oxygen atoms in total. The summed E-state index contributed by atoms with van der Waals surface area (Å²) in [5.41, 5.74) is 3.97. The third-order valence-corrected chi connectivity index (χ3v) is 6.73. The lowest BCUT2D eigenvalue weighted by atomic mass is 9.92. The lowest BCUT2D eigenvalue weighted by molar-refractivity contribution is -0.175. The summed E-state index contributed by atoms with van der Waals surface area (Å²) >= 11 is 0. The van der Waals surface area contributed by atoms with E-state index < -0.39 is 17.7 Å². The zero-order valence-electron chi connectivity index (χ0n) is 20.2. The number of hydrogen-bond donors (Lipinski definition) is 2. The zero-order chi connectivity index (χ0) is 25.0. The molecule has 1 aliphatic carbocycles. The van der Waals surface area contributed by atoms with Crippen molar-refractivity contribution in [3.8, 4) is 11.1 Å². The van der Waals surface area contributed by atoms with Gasteiger partial charge >= 0.3 is 12.1 Å². The molecule has 2 aliphatic rings. The van der Waals surface area contributed by atoms with Gasteiger partial charge in [-0.15, -0.1) is 0 Å². The van der Waals surface area contributed by atoms with Crippen molar-refractivity contribution in [3.63, 3.8) is 0 Å². The van der Waals surface area contributed by atoms with E-state index in [4.69, 9.17) is 14.6 Å². The second-order valence-electron chi connectivity index (χ2n) is 9.52. The van der Waals surface area contributed by atoms with Crippen LogP contribution in [0.4, 0.5) is 4.79 Å². The standard InChI is InChI=1S/C27H32N2O6/c1-3-8-18(25(32)29-16-27(2,17-29)35-15-24(30)31)13-28-26(33)34-14-23-21-11-6-4-9-19(21)20-10-5-7-12-22(20)23/h4-7,9-12,18,23H,3,8,13-17H2,1-2H3,(H,28,33)(H,30,31). The molecule has 0 saturated carbocycles. The number of carboxylic acids is 1. The summed E-state index contributed by atoms with van der Waals surface area (Å²) in [4.78, 5) is 37.9. The molecule has 0 bridgehead atoms. The molecule has 1 unspecified atom stereocenters. The highest BCUT2D eigenvalue weighted by molar-refractivity contribution is 5.81. The number of carbonyl (C=O) groups excluding carboxylic acids is 2. The number of amides is 2. The first kappa shape index (κ1) is 24.7. The Morgan fingerprint density at radius 3 is 2.26 bits per heavy atom. The largest absolute Gasteiger partial charge is 0.480 e. The smallest absolute Gasteiger partial charge is 0.407 e. The summed E-state index contributed by atoms with van der Waals surface area (Å²) in [6, 6.07) is 16.3. The lowest BCUT2D eigenvalue weighted by Crippen LogP contribution is -2.64. The number of fused-ring (bicyclic) bond motifs is 3. The molecule has 2 aromatic carbocycles. The van der Waals surface area contributed by atoms with E-state index in [9.17, 15) is 14.4 Å². The molecule has 1 heterocycles. The van der Waals surface area contributed by atoms with Crippen LogP contribution in [0.5, 0.6) is 0 Å². The van der Waals surface area contributed by atoms with Gasteiger partial charge in [0.2, 0.25) is 5.91 Å². The second-order valence-corrected chi connectivity index (χ2v) is 9.52. The molecule has 1 atom stereocenters. The van der Waals surface area contributed by atoms with E-state index in [0.29, 0.717) is 19.5 Å². The topological polar surface area (TPSA) is 105 Å². The van der Waals surface area contributed by atoms with E-state index in [0.717, 1.165) is 17.5 Å². The predicted molar refractivity (Wildman–Crippen MR) is 130 cm³/mol. The summed E-state index contributed by atoms with van der Waals surface area (Å²) in [5, 5.41) is 11.6. The van der Waals surface area contributed by atoms with Gasteiger partial charge in [0.25, 0.3) is 0 Å². The lowest BCUT2D eigenvalue weighted by Gasteiger charge is -2.48. The van der Waals surface area contributed by atoms with Crippen LogP contribution in [0.1, 0.15) is 43.7 Å². The maximum Gasteiger partial charge on any atom is 0.407 e. The molecule has 1 saturated heterocycles. The van der Waals surface area contributed by atoms with Crippen LogP contribution in [0.2, 0.25) is 0 Å². The average Bonchev–Trinajstić information content (AvgIpc) is 3.15. The number of alkyl carbamates (subject to hydrolysis) is 1. The number of likely N-dealkylation sites (tertiary alicyclic amines) is 1. The molecule has 8 heteroatoms.